The maximum atomic E-state index is 13.7. The van der Waals surface area contributed by atoms with Crippen LogP contribution in [0.4, 0.5) is 14.5 Å². The van der Waals surface area contributed by atoms with Gasteiger partial charge < -0.3 is 15.5 Å². The van der Waals surface area contributed by atoms with E-state index < -0.39 is 11.6 Å². The molecule has 0 bridgehead atoms. The van der Waals surface area contributed by atoms with Gasteiger partial charge in [0.15, 0.2) is 5.96 Å². The van der Waals surface area contributed by atoms with E-state index in [1.807, 2.05) is 11.8 Å². The molecule has 1 fully saturated rings. The molecule has 0 saturated carbocycles. The van der Waals surface area contributed by atoms with Gasteiger partial charge in [0.1, 0.15) is 11.6 Å². The van der Waals surface area contributed by atoms with Crippen molar-refractivity contribution in [2.75, 3.05) is 31.6 Å². The molecule has 1 aliphatic rings. The normalized spacial score (nSPS) is 18.4. The van der Waals surface area contributed by atoms with Gasteiger partial charge in [-0.1, -0.05) is 0 Å². The van der Waals surface area contributed by atoms with E-state index in [0.717, 1.165) is 31.5 Å². The molecule has 1 saturated heterocycles. The Morgan fingerprint density at radius 3 is 2.81 bits per heavy atom. The second-order valence-corrected chi connectivity index (χ2v) is 4.77. The first-order chi connectivity index (χ1) is 9.63. The highest BCUT2D eigenvalue weighted by Crippen LogP contribution is 2.24. The number of anilines is 1. The molecule has 1 aromatic carbocycles. The highest BCUT2D eigenvalue weighted by molar-refractivity contribution is 14.0. The standard InChI is InChI=1S/C14H20F2N4.HI/c1-3-18-14(17-2)19-11-6-7-20(9-11)13-5-4-10(15)8-12(13)16;/h4-5,8,11H,3,6-7,9H2,1-2H3,(H2,17,18,19);1H. The molecule has 4 nitrogen and oxygen atoms in total. The summed E-state index contributed by atoms with van der Waals surface area (Å²) in [6.07, 6.45) is 0.890. The van der Waals surface area contributed by atoms with Crippen LogP contribution in [0.2, 0.25) is 0 Å². The molecular formula is C14H21F2IN4. The van der Waals surface area contributed by atoms with E-state index in [0.29, 0.717) is 12.2 Å². The Hall–Kier alpha value is -1.12. The van der Waals surface area contributed by atoms with Crippen molar-refractivity contribution >= 4 is 35.6 Å². The molecule has 2 N–H and O–H groups in total. The maximum Gasteiger partial charge on any atom is 0.191 e. The lowest BCUT2D eigenvalue weighted by atomic mass is 10.2. The molecular weight excluding hydrogens is 389 g/mol. The molecule has 0 radical (unpaired) electrons. The minimum atomic E-state index is -0.548. The Labute approximate surface area is 141 Å². The molecule has 0 aromatic heterocycles. The summed E-state index contributed by atoms with van der Waals surface area (Å²) in [5, 5.41) is 6.43. The number of nitrogens with zero attached hydrogens (tertiary/aromatic N) is 2. The molecule has 2 rings (SSSR count). The summed E-state index contributed by atoms with van der Waals surface area (Å²) in [6.45, 7) is 4.21. The van der Waals surface area contributed by atoms with Crippen LogP contribution < -0.4 is 15.5 Å². The third kappa shape index (κ3) is 4.69. The van der Waals surface area contributed by atoms with Crippen LogP contribution in [0, 0.1) is 11.6 Å². The predicted molar refractivity (Wildman–Crippen MR) is 92.6 cm³/mol. The quantitative estimate of drug-likeness (QED) is 0.457. The lowest BCUT2D eigenvalue weighted by Gasteiger charge is -2.20. The van der Waals surface area contributed by atoms with Crippen molar-refractivity contribution < 1.29 is 8.78 Å². The fourth-order valence-corrected chi connectivity index (χ4v) is 2.39. The monoisotopic (exact) mass is 410 g/mol. The van der Waals surface area contributed by atoms with Crippen molar-refractivity contribution in [2.24, 2.45) is 4.99 Å². The molecule has 1 heterocycles. The van der Waals surface area contributed by atoms with Crippen LogP contribution in [0.15, 0.2) is 23.2 Å². The highest BCUT2D eigenvalue weighted by atomic mass is 127. The van der Waals surface area contributed by atoms with Gasteiger partial charge in [0.2, 0.25) is 0 Å². The van der Waals surface area contributed by atoms with Gasteiger partial charge in [-0.2, -0.15) is 0 Å². The van der Waals surface area contributed by atoms with Crippen molar-refractivity contribution in [2.45, 2.75) is 19.4 Å². The van der Waals surface area contributed by atoms with E-state index in [9.17, 15) is 8.78 Å². The molecule has 0 amide bonds. The van der Waals surface area contributed by atoms with Crippen molar-refractivity contribution in [1.82, 2.24) is 10.6 Å². The average molecular weight is 410 g/mol. The van der Waals surface area contributed by atoms with Gasteiger partial charge in [-0.3, -0.25) is 4.99 Å². The lowest BCUT2D eigenvalue weighted by molar-refractivity contribution is 0.580. The third-order valence-electron chi connectivity index (χ3n) is 3.35. The fraction of sp³-hybridized carbons (Fsp3) is 0.500. The Balaban J connectivity index is 0.00000220. The van der Waals surface area contributed by atoms with Crippen LogP contribution >= 0.6 is 24.0 Å². The van der Waals surface area contributed by atoms with Gasteiger partial charge in [-0.15, -0.1) is 24.0 Å². The summed E-state index contributed by atoms with van der Waals surface area (Å²) in [5.41, 5.74) is 0.453. The first-order valence-electron chi connectivity index (χ1n) is 6.81. The van der Waals surface area contributed by atoms with E-state index in [-0.39, 0.29) is 30.0 Å². The lowest BCUT2D eigenvalue weighted by Crippen LogP contribution is -2.44. The topological polar surface area (TPSA) is 39.7 Å². The molecule has 0 aliphatic carbocycles. The first-order valence-corrected chi connectivity index (χ1v) is 6.81. The predicted octanol–water partition coefficient (Wildman–Crippen LogP) is 2.35. The third-order valence-corrected chi connectivity index (χ3v) is 3.35. The minimum Gasteiger partial charge on any atom is -0.367 e. The number of aliphatic imine (C=N–C) groups is 1. The molecule has 118 valence electrons. The average Bonchev–Trinajstić information content (AvgIpc) is 2.86. The zero-order chi connectivity index (χ0) is 14.5. The van der Waals surface area contributed by atoms with Gasteiger partial charge in [0.25, 0.3) is 0 Å². The largest absolute Gasteiger partial charge is 0.367 e. The van der Waals surface area contributed by atoms with Crippen LogP contribution in [0.1, 0.15) is 13.3 Å². The second-order valence-electron chi connectivity index (χ2n) is 4.77. The number of guanidine groups is 1. The molecule has 21 heavy (non-hydrogen) atoms. The van der Waals surface area contributed by atoms with Gasteiger partial charge in [0.05, 0.1) is 5.69 Å². The maximum absolute atomic E-state index is 13.7. The van der Waals surface area contributed by atoms with Crippen LogP contribution in [0.25, 0.3) is 0 Å². The SMILES string of the molecule is CCNC(=NC)NC1CCN(c2ccc(F)cc2F)C1.I. The zero-order valence-electron chi connectivity index (χ0n) is 12.2. The Morgan fingerprint density at radius 1 is 1.43 bits per heavy atom. The zero-order valence-corrected chi connectivity index (χ0v) is 14.5. The van der Waals surface area contributed by atoms with E-state index in [1.165, 1.54) is 12.1 Å². The molecule has 1 atom stereocenters. The summed E-state index contributed by atoms with van der Waals surface area (Å²) < 4.78 is 26.7. The molecule has 1 unspecified atom stereocenters. The molecule has 1 aromatic rings. The van der Waals surface area contributed by atoms with E-state index in [1.54, 1.807) is 7.05 Å². The first kappa shape index (κ1) is 17.9. The van der Waals surface area contributed by atoms with E-state index >= 15 is 0 Å². The number of rotatable bonds is 3. The van der Waals surface area contributed by atoms with Gasteiger partial charge in [-0.05, 0) is 25.5 Å². The number of benzene rings is 1. The summed E-state index contributed by atoms with van der Waals surface area (Å²) in [5.74, 6) is -0.312. The number of nitrogens with one attached hydrogen (secondary N) is 2. The molecule has 1 aliphatic heterocycles. The minimum absolute atomic E-state index is 0. The summed E-state index contributed by atoms with van der Waals surface area (Å²) in [6, 6.07) is 3.91. The summed E-state index contributed by atoms with van der Waals surface area (Å²) >= 11 is 0. The van der Waals surface area contributed by atoms with Gasteiger partial charge in [0, 0.05) is 38.8 Å². The Morgan fingerprint density at radius 2 is 2.19 bits per heavy atom. The molecule has 0 spiro atoms. The molecule has 7 heteroatoms. The van der Waals surface area contributed by atoms with Gasteiger partial charge >= 0.3 is 0 Å². The Kier molecular flexibility index (Phi) is 7.13. The fourth-order valence-electron chi connectivity index (χ4n) is 2.39. The van der Waals surface area contributed by atoms with Crippen LogP contribution in [0.5, 0.6) is 0 Å². The van der Waals surface area contributed by atoms with Crippen LogP contribution in [-0.2, 0) is 0 Å². The summed E-state index contributed by atoms with van der Waals surface area (Å²) in [4.78, 5) is 6.04. The van der Waals surface area contributed by atoms with Crippen molar-refractivity contribution in [3.8, 4) is 0 Å². The highest BCUT2D eigenvalue weighted by Gasteiger charge is 2.25. The van der Waals surface area contributed by atoms with Crippen LogP contribution in [-0.4, -0.2) is 38.7 Å². The van der Waals surface area contributed by atoms with Crippen LogP contribution in [0.3, 0.4) is 0 Å². The smallest absolute Gasteiger partial charge is 0.191 e. The van der Waals surface area contributed by atoms with Crippen molar-refractivity contribution in [3.05, 3.63) is 29.8 Å². The summed E-state index contributed by atoms with van der Waals surface area (Å²) in [7, 11) is 1.72. The second kappa shape index (κ2) is 8.35. The van der Waals surface area contributed by atoms with Crippen molar-refractivity contribution in [1.29, 1.82) is 0 Å². The van der Waals surface area contributed by atoms with Gasteiger partial charge in [-0.25, -0.2) is 8.78 Å². The Bertz CT molecular complexity index is 496. The van der Waals surface area contributed by atoms with E-state index in [4.69, 9.17) is 0 Å². The number of halogens is 3. The number of hydrogen-bond donors (Lipinski definition) is 2. The number of hydrogen-bond acceptors (Lipinski definition) is 2. The van der Waals surface area contributed by atoms with Crippen molar-refractivity contribution in [3.63, 3.8) is 0 Å². The van der Waals surface area contributed by atoms with E-state index in [2.05, 4.69) is 15.6 Å².